The number of phenolic OH excluding ortho intramolecular Hbond substituents is 1. The Morgan fingerprint density at radius 3 is 2.68 bits per heavy atom. The molecule has 4 nitrogen and oxygen atoms in total. The van der Waals surface area contributed by atoms with Crippen molar-refractivity contribution in [1.29, 1.82) is 0 Å². The molecule has 0 atom stereocenters. The van der Waals surface area contributed by atoms with E-state index in [0.29, 0.717) is 6.42 Å². The van der Waals surface area contributed by atoms with Gasteiger partial charge in [0.1, 0.15) is 10.8 Å². The van der Waals surface area contributed by atoms with Crippen molar-refractivity contribution < 1.29 is 9.90 Å². The summed E-state index contributed by atoms with van der Waals surface area (Å²) < 4.78 is 0. The molecular formula is C17H12N2O2S. The van der Waals surface area contributed by atoms with Crippen LogP contribution in [-0.4, -0.2) is 16.0 Å². The highest BCUT2D eigenvalue weighted by Crippen LogP contribution is 2.32. The van der Waals surface area contributed by atoms with Gasteiger partial charge in [0.05, 0.1) is 12.1 Å². The predicted molar refractivity (Wildman–Crippen MR) is 87.0 cm³/mol. The lowest BCUT2D eigenvalue weighted by atomic mass is 10.1. The number of hydrogen-bond acceptors (Lipinski definition) is 4. The van der Waals surface area contributed by atoms with Gasteiger partial charge >= 0.3 is 0 Å². The van der Waals surface area contributed by atoms with Crippen molar-refractivity contribution in [2.24, 2.45) is 0 Å². The quantitative estimate of drug-likeness (QED) is 0.759. The van der Waals surface area contributed by atoms with Gasteiger partial charge in [-0.05, 0) is 42.0 Å². The summed E-state index contributed by atoms with van der Waals surface area (Å²) in [4.78, 5) is 16.1. The second-order valence-corrected chi connectivity index (χ2v) is 6.04. The monoisotopic (exact) mass is 308 g/mol. The Morgan fingerprint density at radius 2 is 1.86 bits per heavy atom. The highest BCUT2D eigenvalue weighted by molar-refractivity contribution is 7.13. The Balaban J connectivity index is 1.68. The molecule has 0 aliphatic carbocycles. The minimum absolute atomic E-state index is 0.0372. The second-order valence-electron chi connectivity index (χ2n) is 5.18. The molecule has 0 spiro atoms. The molecule has 0 bridgehead atoms. The first-order valence-electron chi connectivity index (χ1n) is 6.87. The van der Waals surface area contributed by atoms with Crippen molar-refractivity contribution in [3.63, 3.8) is 0 Å². The summed E-state index contributed by atoms with van der Waals surface area (Å²) in [6.07, 6.45) is 0.429. The zero-order chi connectivity index (χ0) is 15.1. The number of carbonyl (C=O) groups is 1. The highest BCUT2D eigenvalue weighted by atomic mass is 32.1. The van der Waals surface area contributed by atoms with Crippen LogP contribution in [0.5, 0.6) is 5.75 Å². The lowest BCUT2D eigenvalue weighted by molar-refractivity contribution is -0.115. The summed E-state index contributed by atoms with van der Waals surface area (Å²) in [5.74, 6) is 0.284. The van der Waals surface area contributed by atoms with Crippen LogP contribution in [0.25, 0.3) is 21.8 Å². The molecule has 22 heavy (non-hydrogen) atoms. The van der Waals surface area contributed by atoms with Crippen LogP contribution in [0.1, 0.15) is 5.56 Å². The Bertz CT molecular complexity index is 869. The van der Waals surface area contributed by atoms with Crippen LogP contribution in [0, 0.1) is 0 Å². The normalized spacial score (nSPS) is 13.0. The van der Waals surface area contributed by atoms with Crippen LogP contribution in [0.15, 0.2) is 47.8 Å². The molecule has 0 saturated carbocycles. The Kier molecular flexibility index (Phi) is 2.94. The molecule has 0 fully saturated rings. The smallest absolute Gasteiger partial charge is 0.228 e. The first kappa shape index (κ1) is 13.0. The number of benzene rings is 2. The van der Waals surface area contributed by atoms with Crippen molar-refractivity contribution in [2.75, 3.05) is 5.32 Å². The average Bonchev–Trinajstić information content (AvgIpc) is 3.12. The zero-order valence-electron chi connectivity index (χ0n) is 11.5. The number of phenols is 1. The van der Waals surface area contributed by atoms with Crippen molar-refractivity contribution in [3.05, 3.63) is 53.4 Å². The molecular weight excluding hydrogens is 296 g/mol. The summed E-state index contributed by atoms with van der Waals surface area (Å²) in [6, 6.07) is 12.9. The molecule has 2 N–H and O–H groups in total. The molecule has 1 amide bonds. The molecule has 0 radical (unpaired) electrons. The fourth-order valence-corrected chi connectivity index (χ4v) is 3.37. The van der Waals surface area contributed by atoms with Crippen molar-refractivity contribution in [3.8, 4) is 27.6 Å². The van der Waals surface area contributed by atoms with Crippen LogP contribution in [0.2, 0.25) is 0 Å². The maximum atomic E-state index is 11.4. The van der Waals surface area contributed by atoms with Gasteiger partial charge < -0.3 is 10.4 Å². The van der Waals surface area contributed by atoms with E-state index in [1.54, 1.807) is 23.5 Å². The summed E-state index contributed by atoms with van der Waals surface area (Å²) in [5, 5.41) is 15.1. The molecule has 5 heteroatoms. The standard InChI is InChI=1S/C17H12N2O2S/c20-13-4-1-10(2-5-13)17-19-15(9-22-17)11-3-6-14-12(7-11)8-16(21)18-14/h1-7,9,20H,8H2,(H,18,21). The number of hydrogen-bond donors (Lipinski definition) is 2. The van der Waals surface area contributed by atoms with Gasteiger partial charge in [0.2, 0.25) is 5.91 Å². The molecule has 4 rings (SSSR count). The first-order valence-corrected chi connectivity index (χ1v) is 7.75. The average molecular weight is 308 g/mol. The number of aromatic nitrogens is 1. The van der Waals surface area contributed by atoms with E-state index in [1.807, 2.05) is 35.7 Å². The van der Waals surface area contributed by atoms with E-state index in [4.69, 9.17) is 0 Å². The predicted octanol–water partition coefficient (Wildman–Crippen LogP) is 3.68. The number of amides is 1. The van der Waals surface area contributed by atoms with E-state index in [2.05, 4.69) is 10.3 Å². The molecule has 108 valence electrons. The number of rotatable bonds is 2. The zero-order valence-corrected chi connectivity index (χ0v) is 12.4. The second kappa shape index (κ2) is 4.96. The minimum Gasteiger partial charge on any atom is -0.508 e. The van der Waals surface area contributed by atoms with Gasteiger partial charge in [0, 0.05) is 22.2 Å². The van der Waals surface area contributed by atoms with Crippen molar-refractivity contribution in [1.82, 2.24) is 4.98 Å². The molecule has 2 heterocycles. The third kappa shape index (κ3) is 2.25. The van der Waals surface area contributed by atoms with Gasteiger partial charge in [0.15, 0.2) is 0 Å². The lowest BCUT2D eigenvalue weighted by Gasteiger charge is -2.01. The fraction of sp³-hybridized carbons (Fsp3) is 0.0588. The van der Waals surface area contributed by atoms with E-state index >= 15 is 0 Å². The van der Waals surface area contributed by atoms with Crippen LogP contribution in [0.3, 0.4) is 0 Å². The van der Waals surface area contributed by atoms with E-state index in [0.717, 1.165) is 33.1 Å². The largest absolute Gasteiger partial charge is 0.508 e. The van der Waals surface area contributed by atoms with Crippen LogP contribution in [-0.2, 0) is 11.2 Å². The number of fused-ring (bicyclic) bond motifs is 1. The van der Waals surface area contributed by atoms with Crippen LogP contribution in [0.4, 0.5) is 5.69 Å². The van der Waals surface area contributed by atoms with Gasteiger partial charge in [-0.2, -0.15) is 0 Å². The number of anilines is 1. The third-order valence-electron chi connectivity index (χ3n) is 3.64. The maximum Gasteiger partial charge on any atom is 0.228 e. The first-order chi connectivity index (χ1) is 10.7. The lowest BCUT2D eigenvalue weighted by Crippen LogP contribution is -2.03. The molecule has 1 aliphatic rings. The molecule has 1 aliphatic heterocycles. The van der Waals surface area contributed by atoms with E-state index < -0.39 is 0 Å². The van der Waals surface area contributed by atoms with E-state index in [-0.39, 0.29) is 11.7 Å². The number of aromatic hydroxyl groups is 1. The number of nitrogens with zero attached hydrogens (tertiary/aromatic N) is 1. The number of carbonyl (C=O) groups excluding carboxylic acids is 1. The third-order valence-corrected chi connectivity index (χ3v) is 4.54. The maximum absolute atomic E-state index is 11.4. The van der Waals surface area contributed by atoms with Crippen LogP contribution < -0.4 is 5.32 Å². The van der Waals surface area contributed by atoms with Gasteiger partial charge in [-0.3, -0.25) is 4.79 Å². The highest BCUT2D eigenvalue weighted by Gasteiger charge is 2.18. The Morgan fingerprint density at radius 1 is 1.09 bits per heavy atom. The Labute approximate surface area is 131 Å². The van der Waals surface area contributed by atoms with Gasteiger partial charge in [-0.25, -0.2) is 4.98 Å². The fourth-order valence-electron chi connectivity index (χ4n) is 2.53. The van der Waals surface area contributed by atoms with Gasteiger partial charge in [-0.15, -0.1) is 11.3 Å². The SMILES string of the molecule is O=C1Cc2cc(-c3csc(-c4ccc(O)cc4)n3)ccc2N1. The summed E-state index contributed by atoms with van der Waals surface area (Å²) in [6.45, 7) is 0. The summed E-state index contributed by atoms with van der Waals surface area (Å²) in [7, 11) is 0. The molecule has 2 aromatic carbocycles. The van der Waals surface area contributed by atoms with Crippen molar-refractivity contribution >= 4 is 22.9 Å². The molecule has 3 aromatic rings. The number of thiazole rings is 1. The minimum atomic E-state index is 0.0372. The summed E-state index contributed by atoms with van der Waals surface area (Å²) in [5.41, 5.74) is 4.79. The van der Waals surface area contributed by atoms with E-state index in [9.17, 15) is 9.90 Å². The Hall–Kier alpha value is -2.66. The molecule has 0 saturated heterocycles. The van der Waals surface area contributed by atoms with Gasteiger partial charge in [-0.1, -0.05) is 6.07 Å². The summed E-state index contributed by atoms with van der Waals surface area (Å²) >= 11 is 1.56. The van der Waals surface area contributed by atoms with Crippen LogP contribution >= 0.6 is 11.3 Å². The topological polar surface area (TPSA) is 62.2 Å². The van der Waals surface area contributed by atoms with E-state index in [1.165, 1.54) is 0 Å². The molecule has 0 unspecified atom stereocenters. The van der Waals surface area contributed by atoms with Crippen molar-refractivity contribution in [2.45, 2.75) is 6.42 Å². The van der Waals surface area contributed by atoms with Gasteiger partial charge in [0.25, 0.3) is 0 Å². The number of nitrogens with one attached hydrogen (secondary N) is 1. The molecule has 1 aromatic heterocycles.